The van der Waals surface area contributed by atoms with Crippen LogP contribution in [0.4, 0.5) is 17.3 Å². The molecule has 1 atom stereocenters. The number of nitrogens with two attached hydrogens (primary N) is 1. The van der Waals surface area contributed by atoms with Gasteiger partial charge in [0.25, 0.3) is 11.5 Å². The van der Waals surface area contributed by atoms with Crippen molar-refractivity contribution in [3.8, 4) is 23.0 Å². The van der Waals surface area contributed by atoms with Crippen molar-refractivity contribution in [3.05, 3.63) is 129 Å². The molecule has 0 saturated heterocycles. The summed E-state index contributed by atoms with van der Waals surface area (Å²) >= 11 is 5.43. The Balaban J connectivity index is 0.792. The van der Waals surface area contributed by atoms with E-state index in [0.717, 1.165) is 0 Å². The van der Waals surface area contributed by atoms with E-state index in [2.05, 4.69) is 46.5 Å². The van der Waals surface area contributed by atoms with E-state index in [0.29, 0.717) is 33.8 Å². The number of carboxylic acid groups (broad SMARTS) is 1. The SMILES string of the molecule is Nc1nc2ncc(CNc3ccc(C(=O)NC(CCC(=O)NCCNC(=S)Nc4ccc5c(c4)C(=O)OC54c5ccc(O)cc5Oc5cc(O)ccc54)C(=O)O)cc3)nc2c(=O)[nH]1. The van der Waals surface area contributed by atoms with Crippen LogP contribution >= 0.6 is 12.2 Å². The van der Waals surface area contributed by atoms with Crippen molar-refractivity contribution in [3.63, 3.8) is 0 Å². The number of thiocarbonyl (C=S) groups is 1. The predicted octanol–water partition coefficient (Wildman–Crippen LogP) is 2.95. The number of hydrogen-bond donors (Lipinski definition) is 10. The number of nitrogens with one attached hydrogen (secondary N) is 6. The largest absolute Gasteiger partial charge is 0.508 e. The number of hydrogen-bond acceptors (Lipinski definition) is 15. The van der Waals surface area contributed by atoms with Gasteiger partial charge >= 0.3 is 11.9 Å². The summed E-state index contributed by atoms with van der Waals surface area (Å²) in [7, 11) is 0. The summed E-state index contributed by atoms with van der Waals surface area (Å²) in [5.74, 6) is -2.67. The number of phenols is 2. The summed E-state index contributed by atoms with van der Waals surface area (Å²) in [6.07, 6.45) is 1.09. The molecule has 0 radical (unpaired) electrons. The first kappa shape index (κ1) is 41.4. The zero-order valence-electron chi connectivity index (χ0n) is 32.7. The number of H-pyrrole nitrogens is 1. The minimum absolute atomic E-state index is 0.0374. The number of carbonyl (C=O) groups excluding carboxylic acids is 3. The van der Waals surface area contributed by atoms with Crippen LogP contribution in [0, 0.1) is 0 Å². The molecule has 0 saturated carbocycles. The molecule has 4 heterocycles. The molecule has 2 aromatic heterocycles. The third kappa shape index (κ3) is 8.52. The van der Waals surface area contributed by atoms with E-state index in [9.17, 15) is 39.3 Å². The quantitative estimate of drug-likeness (QED) is 0.0453. The highest BCUT2D eigenvalue weighted by Crippen LogP contribution is 2.57. The topological polar surface area (TPSA) is 305 Å². The maximum atomic E-state index is 13.4. The van der Waals surface area contributed by atoms with Crippen LogP contribution < -0.4 is 42.6 Å². The summed E-state index contributed by atoms with van der Waals surface area (Å²) in [5.41, 5.74) is 7.24. The Morgan fingerprint density at radius 2 is 1.52 bits per heavy atom. The Kier molecular flexibility index (Phi) is 11.2. The summed E-state index contributed by atoms with van der Waals surface area (Å²) in [6.45, 7) is 0.533. The lowest BCUT2D eigenvalue weighted by Gasteiger charge is -2.36. The minimum Gasteiger partial charge on any atom is -0.508 e. The van der Waals surface area contributed by atoms with Gasteiger partial charge in [0.2, 0.25) is 11.9 Å². The van der Waals surface area contributed by atoms with Crippen LogP contribution in [-0.2, 0) is 26.5 Å². The lowest BCUT2D eigenvalue weighted by molar-refractivity contribution is -0.139. The third-order valence-electron chi connectivity index (χ3n) is 10.1. The summed E-state index contributed by atoms with van der Waals surface area (Å²) in [6, 6.07) is 18.9. The number of rotatable bonds is 13. The van der Waals surface area contributed by atoms with Crippen molar-refractivity contribution < 1.29 is 44.0 Å². The van der Waals surface area contributed by atoms with E-state index in [1.807, 2.05) is 0 Å². The molecule has 0 aliphatic carbocycles. The Morgan fingerprint density at radius 1 is 0.857 bits per heavy atom. The smallest absolute Gasteiger partial charge is 0.340 e. The first-order valence-corrected chi connectivity index (χ1v) is 19.6. The van der Waals surface area contributed by atoms with Gasteiger partial charge in [0.1, 0.15) is 29.0 Å². The van der Waals surface area contributed by atoms with E-state index in [4.69, 9.17) is 27.4 Å². The number of anilines is 3. The predicted molar refractivity (Wildman–Crippen MR) is 230 cm³/mol. The van der Waals surface area contributed by atoms with Crippen molar-refractivity contribution in [2.75, 3.05) is 29.5 Å². The number of aromatic nitrogens is 4. The van der Waals surface area contributed by atoms with Gasteiger partial charge in [0, 0.05) is 65.3 Å². The van der Waals surface area contributed by atoms with Gasteiger partial charge in [0.15, 0.2) is 21.9 Å². The molecule has 320 valence electrons. The number of fused-ring (bicyclic) bond motifs is 7. The fraction of sp³-hybridized carbons (Fsp3) is 0.167. The first-order valence-electron chi connectivity index (χ1n) is 19.2. The monoisotopic (exact) mass is 872 g/mol. The highest BCUT2D eigenvalue weighted by molar-refractivity contribution is 7.80. The first-order chi connectivity index (χ1) is 30.3. The van der Waals surface area contributed by atoms with E-state index >= 15 is 0 Å². The van der Waals surface area contributed by atoms with Crippen molar-refractivity contribution in [1.29, 1.82) is 0 Å². The number of aromatic amines is 1. The molecule has 1 spiro atoms. The standard InChI is InChI=1S/C42H36N10O10S/c43-40-51-35-34(37(57)52-40)48-23(19-47-35)18-46-21-3-1-20(2-4-21)36(56)50-30(38(58)59)11-12-33(55)44-13-14-45-41(63)49-22-5-8-27-26(15-22)39(60)62-42(27)28-9-6-24(53)16-31(28)61-32-17-25(54)7-10-29(32)42/h1-10,15-17,19,30,46,53-54H,11-14,18H2,(H,44,55)(H,50,56)(H,58,59)(H2,45,49,63)(H3,43,47,51,52,57). The number of nitrogens with zero attached hydrogens (tertiary/aromatic N) is 3. The summed E-state index contributed by atoms with van der Waals surface area (Å²) < 4.78 is 12.1. The normalized spacial score (nSPS) is 13.4. The second kappa shape index (κ2) is 17.0. The van der Waals surface area contributed by atoms with Gasteiger partial charge in [0.05, 0.1) is 24.0 Å². The van der Waals surface area contributed by atoms with Gasteiger partial charge in [-0.05, 0) is 79.3 Å². The van der Waals surface area contributed by atoms with Gasteiger partial charge in [-0.3, -0.25) is 19.4 Å². The molecule has 0 fully saturated rings. The number of carbonyl (C=O) groups is 4. The van der Waals surface area contributed by atoms with Crippen LogP contribution in [0.15, 0.2) is 89.9 Å². The Morgan fingerprint density at radius 3 is 2.22 bits per heavy atom. The number of aromatic hydroxyl groups is 2. The number of phenolic OH excluding ortho intramolecular Hbond substituents is 2. The van der Waals surface area contributed by atoms with Gasteiger partial charge in [-0.15, -0.1) is 0 Å². The second-order valence-corrected chi connectivity index (χ2v) is 14.8. The number of carboxylic acids is 1. The number of esters is 1. The zero-order valence-corrected chi connectivity index (χ0v) is 33.5. The molecule has 4 aromatic carbocycles. The fourth-order valence-corrected chi connectivity index (χ4v) is 7.41. The molecule has 2 aliphatic rings. The van der Waals surface area contributed by atoms with Crippen molar-refractivity contribution >= 4 is 69.6 Å². The van der Waals surface area contributed by atoms with Gasteiger partial charge in [-0.25, -0.2) is 19.6 Å². The molecule has 2 aliphatic heterocycles. The summed E-state index contributed by atoms with van der Waals surface area (Å²) in [4.78, 5) is 77.7. The number of nitrogen functional groups attached to an aromatic ring is 1. The van der Waals surface area contributed by atoms with Crippen LogP contribution in [0.3, 0.4) is 0 Å². The van der Waals surface area contributed by atoms with Crippen LogP contribution in [0.1, 0.15) is 55.9 Å². The zero-order chi connectivity index (χ0) is 44.4. The van der Waals surface area contributed by atoms with Gasteiger partial charge in [-0.1, -0.05) is 6.07 Å². The van der Waals surface area contributed by atoms with E-state index in [1.165, 1.54) is 42.6 Å². The number of ether oxygens (including phenoxy) is 2. The molecule has 8 rings (SSSR count). The molecule has 21 heteroatoms. The molecule has 1 unspecified atom stereocenters. The highest BCUT2D eigenvalue weighted by Gasteiger charge is 2.53. The Bertz CT molecular complexity index is 2860. The van der Waals surface area contributed by atoms with E-state index in [1.54, 1.807) is 42.5 Å². The number of amides is 2. The van der Waals surface area contributed by atoms with E-state index < -0.39 is 41.0 Å². The third-order valence-corrected chi connectivity index (χ3v) is 10.4. The average molecular weight is 873 g/mol. The molecule has 20 nitrogen and oxygen atoms in total. The Hall–Kier alpha value is -8.33. The number of benzene rings is 4. The highest BCUT2D eigenvalue weighted by atomic mass is 32.1. The van der Waals surface area contributed by atoms with Crippen molar-refractivity contribution in [2.45, 2.75) is 31.0 Å². The molecule has 0 bridgehead atoms. The molecular weight excluding hydrogens is 837 g/mol. The number of aliphatic carboxylic acids is 1. The van der Waals surface area contributed by atoms with Crippen LogP contribution in [-0.4, -0.2) is 83.3 Å². The molecule has 6 aromatic rings. The van der Waals surface area contributed by atoms with Crippen LogP contribution in [0.5, 0.6) is 23.0 Å². The van der Waals surface area contributed by atoms with Crippen molar-refractivity contribution in [1.82, 2.24) is 35.9 Å². The molecule has 2 amide bonds. The van der Waals surface area contributed by atoms with Gasteiger partial charge < -0.3 is 57.1 Å². The molecule has 63 heavy (non-hydrogen) atoms. The van der Waals surface area contributed by atoms with Crippen LogP contribution in [0.25, 0.3) is 11.2 Å². The summed E-state index contributed by atoms with van der Waals surface area (Å²) in [5, 5.41) is 44.4. The van der Waals surface area contributed by atoms with Crippen molar-refractivity contribution in [2.24, 2.45) is 0 Å². The van der Waals surface area contributed by atoms with Crippen LogP contribution in [0.2, 0.25) is 0 Å². The molecular formula is C42H36N10O10S. The van der Waals surface area contributed by atoms with E-state index in [-0.39, 0.29) is 88.8 Å². The fourth-order valence-electron chi connectivity index (χ4n) is 7.19. The lowest BCUT2D eigenvalue weighted by Crippen LogP contribution is -2.42. The second-order valence-electron chi connectivity index (χ2n) is 14.3. The van der Waals surface area contributed by atoms with Gasteiger partial charge in [-0.2, -0.15) is 4.98 Å². The average Bonchev–Trinajstić information content (AvgIpc) is 3.53. The maximum Gasteiger partial charge on any atom is 0.340 e. The lowest BCUT2D eigenvalue weighted by atomic mass is 9.77. The minimum atomic E-state index is -1.41. The molecule has 11 N–H and O–H groups in total. The Labute approximate surface area is 360 Å². The maximum absolute atomic E-state index is 13.4.